The first-order chi connectivity index (χ1) is 14.3. The second-order valence-electron chi connectivity index (χ2n) is 7.67. The average Bonchev–Trinajstić information content (AvgIpc) is 3.05. The SMILES string of the molecule is Cc1ccccc1C(=O)NNC(=O)CN1C(=O)c2ccccc2N2C(=O)CCC12C. The molecule has 1 atom stereocenters. The number of benzene rings is 2. The minimum atomic E-state index is -0.931. The van der Waals surface area contributed by atoms with Gasteiger partial charge in [-0.2, -0.15) is 0 Å². The number of hydrazine groups is 1. The molecule has 2 aromatic carbocycles. The summed E-state index contributed by atoms with van der Waals surface area (Å²) in [4.78, 5) is 53.6. The van der Waals surface area contributed by atoms with Gasteiger partial charge in [-0.05, 0) is 44.0 Å². The third-order valence-electron chi connectivity index (χ3n) is 5.75. The minimum Gasteiger partial charge on any atom is -0.306 e. The number of carbonyl (C=O) groups excluding carboxylic acids is 4. The van der Waals surface area contributed by atoms with Crippen molar-refractivity contribution in [2.75, 3.05) is 11.4 Å². The van der Waals surface area contributed by atoms with E-state index < -0.39 is 17.5 Å². The van der Waals surface area contributed by atoms with Crippen LogP contribution in [0.2, 0.25) is 0 Å². The zero-order valence-corrected chi connectivity index (χ0v) is 16.8. The van der Waals surface area contributed by atoms with Gasteiger partial charge in [0.2, 0.25) is 5.91 Å². The fraction of sp³-hybridized carbons (Fsp3) is 0.273. The van der Waals surface area contributed by atoms with E-state index in [0.29, 0.717) is 29.7 Å². The average molecular weight is 406 g/mol. The number of para-hydroxylation sites is 1. The Balaban J connectivity index is 1.52. The Morgan fingerprint density at radius 3 is 2.50 bits per heavy atom. The molecular weight excluding hydrogens is 384 g/mol. The summed E-state index contributed by atoms with van der Waals surface area (Å²) in [5, 5.41) is 0. The van der Waals surface area contributed by atoms with Gasteiger partial charge in [-0.15, -0.1) is 0 Å². The van der Waals surface area contributed by atoms with Gasteiger partial charge >= 0.3 is 0 Å². The lowest BCUT2D eigenvalue weighted by atomic mass is 9.98. The molecule has 0 radical (unpaired) electrons. The lowest BCUT2D eigenvalue weighted by molar-refractivity contribution is -0.124. The highest BCUT2D eigenvalue weighted by molar-refractivity contribution is 6.11. The fourth-order valence-corrected chi connectivity index (χ4v) is 4.15. The normalized spacial score (nSPS) is 19.9. The number of aryl methyl sites for hydroxylation is 1. The number of rotatable bonds is 3. The summed E-state index contributed by atoms with van der Waals surface area (Å²) in [7, 11) is 0. The van der Waals surface area contributed by atoms with Crippen molar-refractivity contribution in [2.24, 2.45) is 0 Å². The van der Waals surface area contributed by atoms with Crippen molar-refractivity contribution in [3.8, 4) is 0 Å². The Labute approximate surface area is 173 Å². The van der Waals surface area contributed by atoms with E-state index in [2.05, 4.69) is 10.9 Å². The van der Waals surface area contributed by atoms with Crippen LogP contribution in [0, 0.1) is 6.92 Å². The topological polar surface area (TPSA) is 98.8 Å². The van der Waals surface area contributed by atoms with Crippen LogP contribution in [-0.4, -0.2) is 40.7 Å². The van der Waals surface area contributed by atoms with Crippen LogP contribution in [0.1, 0.15) is 46.0 Å². The van der Waals surface area contributed by atoms with Gasteiger partial charge in [0, 0.05) is 12.0 Å². The molecule has 8 nitrogen and oxygen atoms in total. The highest BCUT2D eigenvalue weighted by Crippen LogP contribution is 2.43. The standard InChI is InChI=1S/C22H22N4O4/c1-14-7-3-4-8-15(14)20(29)24-23-18(27)13-25-21(30)16-9-5-6-10-17(16)26-19(28)11-12-22(25,26)2/h3-10H,11-13H2,1-2H3,(H,23,27)(H,24,29). The molecule has 1 fully saturated rings. The number of nitrogens with one attached hydrogen (secondary N) is 2. The molecule has 1 unspecified atom stereocenters. The predicted molar refractivity (Wildman–Crippen MR) is 109 cm³/mol. The van der Waals surface area contributed by atoms with E-state index in [1.165, 1.54) is 4.90 Å². The summed E-state index contributed by atoms with van der Waals surface area (Å²) in [6.45, 7) is 3.29. The minimum absolute atomic E-state index is 0.0873. The largest absolute Gasteiger partial charge is 0.306 e. The summed E-state index contributed by atoms with van der Waals surface area (Å²) in [6.07, 6.45) is 0.717. The van der Waals surface area contributed by atoms with E-state index in [9.17, 15) is 19.2 Å². The predicted octanol–water partition coefficient (Wildman–Crippen LogP) is 1.76. The third-order valence-corrected chi connectivity index (χ3v) is 5.75. The van der Waals surface area contributed by atoms with Crippen molar-refractivity contribution in [3.05, 3.63) is 65.2 Å². The second-order valence-corrected chi connectivity index (χ2v) is 7.67. The monoisotopic (exact) mass is 406 g/mol. The molecule has 2 heterocycles. The van der Waals surface area contributed by atoms with Crippen LogP contribution in [0.15, 0.2) is 48.5 Å². The first-order valence-electron chi connectivity index (χ1n) is 9.72. The van der Waals surface area contributed by atoms with Gasteiger partial charge < -0.3 is 4.90 Å². The van der Waals surface area contributed by atoms with Crippen molar-refractivity contribution in [3.63, 3.8) is 0 Å². The van der Waals surface area contributed by atoms with Crippen molar-refractivity contribution in [2.45, 2.75) is 32.4 Å². The zero-order valence-electron chi connectivity index (χ0n) is 16.8. The molecule has 154 valence electrons. The number of hydrogen-bond acceptors (Lipinski definition) is 4. The van der Waals surface area contributed by atoms with Gasteiger partial charge in [0.1, 0.15) is 12.2 Å². The lowest BCUT2D eigenvalue weighted by Crippen LogP contribution is -2.64. The first-order valence-corrected chi connectivity index (χ1v) is 9.72. The van der Waals surface area contributed by atoms with Crippen LogP contribution in [0.3, 0.4) is 0 Å². The summed E-state index contributed by atoms with van der Waals surface area (Å²) >= 11 is 0. The van der Waals surface area contributed by atoms with Gasteiger partial charge in [0.15, 0.2) is 0 Å². The van der Waals surface area contributed by atoms with Crippen molar-refractivity contribution >= 4 is 29.3 Å². The molecule has 4 rings (SSSR count). The number of fused-ring (bicyclic) bond motifs is 3. The number of nitrogens with zero attached hydrogens (tertiary/aromatic N) is 2. The molecule has 8 heteroatoms. The van der Waals surface area contributed by atoms with E-state index in [-0.39, 0.29) is 18.4 Å². The molecule has 0 aromatic heterocycles. The number of hydrogen-bond donors (Lipinski definition) is 2. The van der Waals surface area contributed by atoms with Crippen LogP contribution >= 0.6 is 0 Å². The van der Waals surface area contributed by atoms with Crippen LogP contribution in [-0.2, 0) is 9.59 Å². The molecular formula is C22H22N4O4. The number of amides is 4. The van der Waals surface area contributed by atoms with Crippen LogP contribution < -0.4 is 15.8 Å². The molecule has 2 N–H and O–H groups in total. The Kier molecular flexibility index (Phi) is 4.77. The molecule has 30 heavy (non-hydrogen) atoms. The van der Waals surface area contributed by atoms with Gasteiger partial charge in [0.05, 0.1) is 11.3 Å². The molecule has 0 aliphatic carbocycles. The van der Waals surface area contributed by atoms with E-state index >= 15 is 0 Å². The highest BCUT2D eigenvalue weighted by atomic mass is 16.2. The lowest BCUT2D eigenvalue weighted by Gasteiger charge is -2.48. The van der Waals surface area contributed by atoms with Crippen LogP contribution in [0.4, 0.5) is 5.69 Å². The Hall–Kier alpha value is -3.68. The molecule has 2 aromatic rings. The quantitative estimate of drug-likeness (QED) is 0.759. The molecule has 2 aliphatic heterocycles. The van der Waals surface area contributed by atoms with Crippen molar-refractivity contribution in [1.82, 2.24) is 15.8 Å². The van der Waals surface area contributed by atoms with Crippen molar-refractivity contribution < 1.29 is 19.2 Å². The number of anilines is 1. The summed E-state index contributed by atoms with van der Waals surface area (Å²) < 4.78 is 0. The van der Waals surface area contributed by atoms with E-state index in [0.717, 1.165) is 5.56 Å². The first kappa shape index (κ1) is 19.6. The summed E-state index contributed by atoms with van der Waals surface area (Å²) in [6, 6.07) is 13.9. The maximum Gasteiger partial charge on any atom is 0.269 e. The Bertz CT molecular complexity index is 1070. The van der Waals surface area contributed by atoms with Gasteiger partial charge in [-0.25, -0.2) is 0 Å². The fourth-order valence-electron chi connectivity index (χ4n) is 4.15. The Morgan fingerprint density at radius 1 is 1.03 bits per heavy atom. The van der Waals surface area contributed by atoms with E-state index in [1.54, 1.807) is 61.2 Å². The van der Waals surface area contributed by atoms with Crippen LogP contribution in [0.5, 0.6) is 0 Å². The van der Waals surface area contributed by atoms with Crippen LogP contribution in [0.25, 0.3) is 0 Å². The van der Waals surface area contributed by atoms with Gasteiger partial charge in [-0.1, -0.05) is 30.3 Å². The van der Waals surface area contributed by atoms with Gasteiger partial charge in [-0.3, -0.25) is 34.9 Å². The summed E-state index contributed by atoms with van der Waals surface area (Å²) in [5.74, 6) is -1.40. The number of carbonyl (C=O) groups is 4. The van der Waals surface area contributed by atoms with Crippen molar-refractivity contribution in [1.29, 1.82) is 0 Å². The molecule has 0 spiro atoms. The molecule has 2 aliphatic rings. The maximum atomic E-state index is 13.1. The summed E-state index contributed by atoms with van der Waals surface area (Å²) in [5.41, 5.74) is 5.99. The van der Waals surface area contributed by atoms with E-state index in [4.69, 9.17) is 0 Å². The smallest absolute Gasteiger partial charge is 0.269 e. The third kappa shape index (κ3) is 3.10. The molecule has 0 saturated carbocycles. The molecule has 1 saturated heterocycles. The molecule has 4 amide bonds. The van der Waals surface area contributed by atoms with E-state index in [1.807, 2.05) is 6.07 Å². The second kappa shape index (κ2) is 7.29. The molecule has 0 bridgehead atoms. The van der Waals surface area contributed by atoms with Gasteiger partial charge in [0.25, 0.3) is 17.7 Å². The Morgan fingerprint density at radius 2 is 1.73 bits per heavy atom. The highest BCUT2D eigenvalue weighted by Gasteiger charge is 2.53. The zero-order chi connectivity index (χ0) is 21.5. The maximum absolute atomic E-state index is 13.1.